The molecule has 1 rings (SSSR count). The number of hydrogen-bond donors (Lipinski definition) is 1. The summed E-state index contributed by atoms with van der Waals surface area (Å²) in [5.74, 6) is -1.16. The van der Waals surface area contributed by atoms with Gasteiger partial charge in [-0.1, -0.05) is 94.5 Å². The summed E-state index contributed by atoms with van der Waals surface area (Å²) < 4.78 is 5.06. The number of ketones is 1. The summed E-state index contributed by atoms with van der Waals surface area (Å²) in [5.41, 5.74) is 0.568. The number of rotatable bonds is 18. The van der Waals surface area contributed by atoms with E-state index in [0.717, 1.165) is 38.5 Å². The van der Waals surface area contributed by atoms with Crippen LogP contribution in [0.3, 0.4) is 0 Å². The fourth-order valence-corrected chi connectivity index (χ4v) is 3.24. The second-order valence-corrected chi connectivity index (χ2v) is 7.59. The first-order chi connectivity index (χ1) is 14.1. The second-order valence-electron chi connectivity index (χ2n) is 7.59. The molecule has 0 aliphatic rings. The molecule has 0 unspecified atom stereocenters. The molecule has 162 valence electrons. The van der Waals surface area contributed by atoms with Gasteiger partial charge in [-0.3, -0.25) is 14.4 Å². The number of carbonyl (C=O) groups is 3. The first-order valence-corrected chi connectivity index (χ1v) is 11.1. The third kappa shape index (κ3) is 14.5. The topological polar surface area (TPSA) is 80.7 Å². The Balaban J connectivity index is 1.84. The quantitative estimate of drug-likeness (QED) is 0.185. The molecule has 1 aromatic rings. The Bertz CT molecular complexity index is 582. The minimum absolute atomic E-state index is 0.167. The van der Waals surface area contributed by atoms with E-state index in [-0.39, 0.29) is 18.4 Å². The fraction of sp³-hybridized carbons (Fsp3) is 0.625. The monoisotopic (exact) mass is 404 g/mol. The van der Waals surface area contributed by atoms with Crippen molar-refractivity contribution in [2.75, 3.05) is 6.61 Å². The maximum absolute atomic E-state index is 11.9. The summed E-state index contributed by atoms with van der Waals surface area (Å²) >= 11 is 0. The van der Waals surface area contributed by atoms with Gasteiger partial charge in [0.05, 0.1) is 0 Å². The zero-order chi connectivity index (χ0) is 21.2. The summed E-state index contributed by atoms with van der Waals surface area (Å²) in [6.07, 6.45) is 14.0. The second kappa shape index (κ2) is 16.8. The Kier molecular flexibility index (Phi) is 14.4. The van der Waals surface area contributed by atoms with Gasteiger partial charge in [-0.05, 0) is 12.8 Å². The van der Waals surface area contributed by atoms with Crippen LogP contribution in [0.1, 0.15) is 100 Å². The number of Topliss-reactive ketones (excluding diaryl/α,β-unsaturated/α-hetero) is 1. The van der Waals surface area contributed by atoms with Crippen molar-refractivity contribution in [3.8, 4) is 0 Å². The molecule has 0 saturated carbocycles. The minimum atomic E-state index is -0.694. The van der Waals surface area contributed by atoms with Crippen LogP contribution in [0.15, 0.2) is 30.3 Å². The lowest BCUT2D eigenvalue weighted by molar-refractivity contribution is -0.142. The fourth-order valence-electron chi connectivity index (χ4n) is 3.24. The van der Waals surface area contributed by atoms with Crippen molar-refractivity contribution in [1.29, 1.82) is 0 Å². The van der Waals surface area contributed by atoms with E-state index in [4.69, 9.17) is 9.84 Å². The molecule has 0 bridgehead atoms. The molecule has 29 heavy (non-hydrogen) atoms. The largest absolute Gasteiger partial charge is 0.481 e. The van der Waals surface area contributed by atoms with Crippen molar-refractivity contribution in [2.24, 2.45) is 0 Å². The number of carboxylic acids is 1. The molecule has 0 fully saturated rings. The number of aliphatic carboxylic acids is 1. The third-order valence-electron chi connectivity index (χ3n) is 4.98. The zero-order valence-electron chi connectivity index (χ0n) is 17.6. The van der Waals surface area contributed by atoms with Crippen molar-refractivity contribution < 1.29 is 24.2 Å². The molecule has 0 spiro atoms. The highest BCUT2D eigenvalue weighted by molar-refractivity contribution is 5.97. The van der Waals surface area contributed by atoms with Gasteiger partial charge in [0.15, 0.2) is 12.4 Å². The van der Waals surface area contributed by atoms with Crippen LogP contribution < -0.4 is 0 Å². The summed E-state index contributed by atoms with van der Waals surface area (Å²) in [4.78, 5) is 34.0. The number of unbranched alkanes of at least 4 members (excludes halogenated alkanes) is 11. The first-order valence-electron chi connectivity index (χ1n) is 11.1. The summed E-state index contributed by atoms with van der Waals surface area (Å²) in [6.45, 7) is -0.178. The van der Waals surface area contributed by atoms with E-state index in [1.54, 1.807) is 24.3 Å². The highest BCUT2D eigenvalue weighted by atomic mass is 16.5. The molecule has 0 heterocycles. The number of ether oxygens (including phenoxy) is 1. The molecule has 1 N–H and O–H groups in total. The summed E-state index contributed by atoms with van der Waals surface area (Å²) in [5, 5.41) is 8.57. The van der Waals surface area contributed by atoms with Gasteiger partial charge in [-0.15, -0.1) is 0 Å². The maximum Gasteiger partial charge on any atom is 0.306 e. The van der Waals surface area contributed by atoms with Gasteiger partial charge in [0, 0.05) is 18.4 Å². The van der Waals surface area contributed by atoms with Gasteiger partial charge in [0.25, 0.3) is 0 Å². The van der Waals surface area contributed by atoms with Crippen LogP contribution in [-0.4, -0.2) is 29.4 Å². The van der Waals surface area contributed by atoms with Gasteiger partial charge in [0.2, 0.25) is 0 Å². The summed E-state index contributed by atoms with van der Waals surface area (Å²) in [7, 11) is 0. The number of benzene rings is 1. The highest BCUT2D eigenvalue weighted by Crippen LogP contribution is 2.13. The lowest BCUT2D eigenvalue weighted by atomic mass is 10.0. The van der Waals surface area contributed by atoms with E-state index in [0.29, 0.717) is 18.4 Å². The van der Waals surface area contributed by atoms with Crippen molar-refractivity contribution in [2.45, 2.75) is 89.9 Å². The van der Waals surface area contributed by atoms with Crippen LogP contribution in [0, 0.1) is 0 Å². The number of carbonyl (C=O) groups excluding carboxylic acids is 2. The van der Waals surface area contributed by atoms with Crippen molar-refractivity contribution in [1.82, 2.24) is 0 Å². The van der Waals surface area contributed by atoms with Gasteiger partial charge in [-0.25, -0.2) is 0 Å². The Morgan fingerprint density at radius 3 is 1.59 bits per heavy atom. The number of esters is 1. The van der Waals surface area contributed by atoms with Crippen LogP contribution >= 0.6 is 0 Å². The van der Waals surface area contributed by atoms with Gasteiger partial charge >= 0.3 is 11.9 Å². The van der Waals surface area contributed by atoms with Gasteiger partial charge in [-0.2, -0.15) is 0 Å². The average molecular weight is 405 g/mol. The van der Waals surface area contributed by atoms with E-state index >= 15 is 0 Å². The van der Waals surface area contributed by atoms with E-state index < -0.39 is 5.97 Å². The smallest absolute Gasteiger partial charge is 0.306 e. The lowest BCUT2D eigenvalue weighted by Crippen LogP contribution is -2.13. The molecule has 5 nitrogen and oxygen atoms in total. The summed E-state index contributed by atoms with van der Waals surface area (Å²) in [6, 6.07) is 8.87. The molecule has 0 aliphatic heterocycles. The van der Waals surface area contributed by atoms with E-state index in [1.807, 2.05) is 6.07 Å². The molecule has 1 aromatic carbocycles. The van der Waals surface area contributed by atoms with Crippen LogP contribution in [0.4, 0.5) is 0 Å². The Labute approximate surface area is 174 Å². The number of hydrogen-bond acceptors (Lipinski definition) is 4. The Morgan fingerprint density at radius 1 is 0.655 bits per heavy atom. The SMILES string of the molecule is O=C(O)CCCCCCCCCCCCCCC(=O)OCC(=O)c1ccccc1. The molecule has 0 aromatic heterocycles. The van der Waals surface area contributed by atoms with Crippen molar-refractivity contribution in [3.63, 3.8) is 0 Å². The van der Waals surface area contributed by atoms with Crippen LogP contribution in [-0.2, 0) is 14.3 Å². The predicted octanol–water partition coefficient (Wildman–Crippen LogP) is 5.96. The Hall–Kier alpha value is -2.17. The maximum atomic E-state index is 11.9. The van der Waals surface area contributed by atoms with Crippen LogP contribution in [0.2, 0.25) is 0 Å². The molecule has 0 amide bonds. The zero-order valence-corrected chi connectivity index (χ0v) is 17.6. The first kappa shape index (κ1) is 24.9. The van der Waals surface area contributed by atoms with E-state index in [1.165, 1.54) is 38.5 Å². The molecule has 0 aliphatic carbocycles. The average Bonchev–Trinajstić information content (AvgIpc) is 2.72. The predicted molar refractivity (Wildman–Crippen MR) is 114 cm³/mol. The highest BCUT2D eigenvalue weighted by Gasteiger charge is 2.09. The van der Waals surface area contributed by atoms with Crippen molar-refractivity contribution >= 4 is 17.7 Å². The van der Waals surface area contributed by atoms with Gasteiger partial charge < -0.3 is 9.84 Å². The van der Waals surface area contributed by atoms with E-state index in [2.05, 4.69) is 0 Å². The van der Waals surface area contributed by atoms with Crippen molar-refractivity contribution in [3.05, 3.63) is 35.9 Å². The molecular weight excluding hydrogens is 368 g/mol. The lowest BCUT2D eigenvalue weighted by Gasteiger charge is -2.05. The van der Waals surface area contributed by atoms with E-state index in [9.17, 15) is 14.4 Å². The third-order valence-corrected chi connectivity index (χ3v) is 4.98. The standard InChI is InChI=1S/C24H36O5/c25-22(21-16-12-11-13-17-21)20-29-24(28)19-15-10-8-6-4-2-1-3-5-7-9-14-18-23(26)27/h11-13,16-17H,1-10,14-15,18-20H2,(H,26,27). The molecule has 0 atom stereocenters. The Morgan fingerprint density at radius 2 is 1.10 bits per heavy atom. The van der Waals surface area contributed by atoms with Crippen LogP contribution in [0.25, 0.3) is 0 Å². The molecule has 0 radical (unpaired) electrons. The molecular formula is C24H36O5. The van der Waals surface area contributed by atoms with Gasteiger partial charge in [0.1, 0.15) is 0 Å². The number of carboxylic acid groups (broad SMARTS) is 1. The normalized spacial score (nSPS) is 10.6. The molecule has 5 heteroatoms. The molecule has 0 saturated heterocycles. The van der Waals surface area contributed by atoms with Crippen LogP contribution in [0.5, 0.6) is 0 Å². The minimum Gasteiger partial charge on any atom is -0.481 e.